The van der Waals surface area contributed by atoms with Gasteiger partial charge in [0.05, 0.1) is 22.0 Å². The van der Waals surface area contributed by atoms with E-state index in [0.717, 1.165) is 38.0 Å². The molecule has 0 atom stereocenters. The summed E-state index contributed by atoms with van der Waals surface area (Å²) in [4.78, 5) is 6.13. The molecule has 1 aliphatic heterocycles. The lowest BCUT2D eigenvalue weighted by Gasteiger charge is -2.33. The number of piperidine rings is 1. The highest BCUT2D eigenvalue weighted by molar-refractivity contribution is 6.13. The van der Waals surface area contributed by atoms with Crippen molar-refractivity contribution in [3.63, 3.8) is 0 Å². The quantitative estimate of drug-likeness (QED) is 0.344. The molecule has 2 aromatic heterocycles. The fourth-order valence-electron chi connectivity index (χ4n) is 5.36. The normalized spacial score (nSPS) is 15.5. The van der Waals surface area contributed by atoms with Crippen LogP contribution in [0.5, 0.6) is 5.75 Å². The molecular formula is C28H29N4O+. The molecule has 33 heavy (non-hydrogen) atoms. The number of aromatic nitrogens is 2. The van der Waals surface area contributed by atoms with Crippen LogP contribution in [0.15, 0.2) is 72.8 Å². The van der Waals surface area contributed by atoms with E-state index in [9.17, 15) is 5.11 Å². The van der Waals surface area contributed by atoms with E-state index in [-0.39, 0.29) is 0 Å². The number of fused-ring (bicyclic) bond motifs is 4. The fourth-order valence-corrected chi connectivity index (χ4v) is 5.36. The molecule has 5 aromatic rings. The highest BCUT2D eigenvalue weighted by atomic mass is 16.3. The van der Waals surface area contributed by atoms with Crippen molar-refractivity contribution < 1.29 is 9.67 Å². The number of anilines is 1. The number of phenols is 1. The van der Waals surface area contributed by atoms with E-state index in [1.165, 1.54) is 38.5 Å². The standard InChI is InChI=1S/C28H28N4O/c1-31-24-12-6-4-10-22(24)26(27-28(31)21-9-3-5-11-23(21)30-27)29-20-14-16-32(17-15-20)18-19-8-2-7-13-25(19)33/h2-13,20H,14-18H2,1H3,(H2,29,30,33)/p+1. The predicted octanol–water partition coefficient (Wildman–Crippen LogP) is 5.08. The monoisotopic (exact) mass is 437 g/mol. The zero-order valence-electron chi connectivity index (χ0n) is 18.9. The number of rotatable bonds is 4. The topological polar surface area (TPSA) is 55.2 Å². The van der Waals surface area contributed by atoms with Gasteiger partial charge in [0.2, 0.25) is 11.0 Å². The Morgan fingerprint density at radius 2 is 1.64 bits per heavy atom. The number of pyridine rings is 1. The van der Waals surface area contributed by atoms with Crippen LogP contribution in [0.1, 0.15) is 18.4 Å². The van der Waals surface area contributed by atoms with Gasteiger partial charge in [-0.1, -0.05) is 42.5 Å². The molecule has 0 amide bonds. The Hall–Kier alpha value is -3.57. The average molecular weight is 438 g/mol. The maximum absolute atomic E-state index is 10.1. The molecule has 3 aromatic carbocycles. The predicted molar refractivity (Wildman–Crippen MR) is 135 cm³/mol. The fraction of sp³-hybridized carbons (Fsp3) is 0.250. The molecule has 3 N–H and O–H groups in total. The second kappa shape index (κ2) is 8.09. The summed E-state index contributed by atoms with van der Waals surface area (Å²) in [6.07, 6.45) is 2.15. The summed E-state index contributed by atoms with van der Waals surface area (Å²) in [5, 5.41) is 16.6. The Bertz CT molecular complexity index is 1460. The number of H-pyrrole nitrogens is 1. The molecule has 0 spiro atoms. The molecular weight excluding hydrogens is 408 g/mol. The van der Waals surface area contributed by atoms with Gasteiger partial charge in [-0.2, -0.15) is 4.57 Å². The van der Waals surface area contributed by atoms with Crippen LogP contribution in [0.4, 0.5) is 5.69 Å². The number of para-hydroxylation sites is 3. The van der Waals surface area contributed by atoms with E-state index in [4.69, 9.17) is 0 Å². The van der Waals surface area contributed by atoms with Crippen molar-refractivity contribution in [1.29, 1.82) is 0 Å². The lowest BCUT2D eigenvalue weighted by Crippen LogP contribution is -2.39. The Labute approximate surface area is 193 Å². The maximum Gasteiger partial charge on any atom is 0.240 e. The number of nitrogens with zero attached hydrogens (tertiary/aromatic N) is 2. The Morgan fingerprint density at radius 3 is 2.45 bits per heavy atom. The van der Waals surface area contributed by atoms with E-state index in [1.807, 2.05) is 18.2 Å². The summed E-state index contributed by atoms with van der Waals surface area (Å²) < 4.78 is 2.31. The van der Waals surface area contributed by atoms with Crippen LogP contribution in [0, 0.1) is 0 Å². The number of hydrogen-bond acceptors (Lipinski definition) is 3. The van der Waals surface area contributed by atoms with Crippen LogP contribution in [-0.4, -0.2) is 34.1 Å². The third-order valence-corrected chi connectivity index (χ3v) is 7.12. The minimum Gasteiger partial charge on any atom is -0.508 e. The van der Waals surface area contributed by atoms with Gasteiger partial charge in [-0.25, -0.2) is 0 Å². The first-order valence-corrected chi connectivity index (χ1v) is 11.8. The smallest absolute Gasteiger partial charge is 0.240 e. The summed E-state index contributed by atoms with van der Waals surface area (Å²) in [7, 11) is 2.16. The number of aryl methyl sites for hydroxylation is 1. The van der Waals surface area contributed by atoms with Gasteiger partial charge >= 0.3 is 0 Å². The van der Waals surface area contributed by atoms with Crippen molar-refractivity contribution in [2.24, 2.45) is 7.05 Å². The second-order valence-electron chi connectivity index (χ2n) is 9.17. The van der Waals surface area contributed by atoms with E-state index in [1.54, 1.807) is 6.07 Å². The summed E-state index contributed by atoms with van der Waals surface area (Å²) >= 11 is 0. The average Bonchev–Trinajstić information content (AvgIpc) is 3.24. The Morgan fingerprint density at radius 1 is 0.939 bits per heavy atom. The van der Waals surface area contributed by atoms with Gasteiger partial charge in [0.15, 0.2) is 0 Å². The van der Waals surface area contributed by atoms with Crippen molar-refractivity contribution in [2.45, 2.75) is 25.4 Å². The summed E-state index contributed by atoms with van der Waals surface area (Å²) in [6, 6.07) is 25.3. The van der Waals surface area contributed by atoms with Crippen molar-refractivity contribution in [3.05, 3.63) is 78.4 Å². The highest BCUT2D eigenvalue weighted by Crippen LogP contribution is 2.34. The molecule has 3 heterocycles. The molecule has 5 heteroatoms. The highest BCUT2D eigenvalue weighted by Gasteiger charge is 2.26. The molecule has 0 radical (unpaired) electrons. The van der Waals surface area contributed by atoms with Gasteiger partial charge in [-0.05, 0) is 37.1 Å². The second-order valence-corrected chi connectivity index (χ2v) is 9.17. The number of benzene rings is 3. The van der Waals surface area contributed by atoms with Crippen molar-refractivity contribution in [3.8, 4) is 5.75 Å². The van der Waals surface area contributed by atoms with Crippen LogP contribution < -0.4 is 9.88 Å². The number of aromatic amines is 1. The molecule has 1 saturated heterocycles. The van der Waals surface area contributed by atoms with Gasteiger partial charge in [0, 0.05) is 37.3 Å². The first-order valence-electron chi connectivity index (χ1n) is 11.8. The molecule has 1 fully saturated rings. The third-order valence-electron chi connectivity index (χ3n) is 7.12. The first-order chi connectivity index (χ1) is 16.2. The third kappa shape index (κ3) is 3.49. The van der Waals surface area contributed by atoms with E-state index in [2.05, 4.69) is 75.3 Å². The summed E-state index contributed by atoms with van der Waals surface area (Å²) in [5.74, 6) is 0.391. The zero-order chi connectivity index (χ0) is 22.4. The minimum absolute atomic E-state index is 0.391. The van der Waals surface area contributed by atoms with Crippen LogP contribution in [0.2, 0.25) is 0 Å². The largest absolute Gasteiger partial charge is 0.508 e. The van der Waals surface area contributed by atoms with Gasteiger partial charge < -0.3 is 15.4 Å². The van der Waals surface area contributed by atoms with Crippen LogP contribution in [0.25, 0.3) is 32.8 Å². The van der Waals surface area contributed by atoms with Gasteiger partial charge in [-0.15, -0.1) is 0 Å². The number of aromatic hydroxyl groups is 1. The summed E-state index contributed by atoms with van der Waals surface area (Å²) in [6.45, 7) is 2.83. The molecule has 6 rings (SSSR count). The maximum atomic E-state index is 10.1. The first kappa shape index (κ1) is 20.1. The van der Waals surface area contributed by atoms with Crippen molar-refractivity contribution in [2.75, 3.05) is 18.4 Å². The van der Waals surface area contributed by atoms with Crippen molar-refractivity contribution in [1.82, 2.24) is 9.88 Å². The van der Waals surface area contributed by atoms with E-state index in [0.29, 0.717) is 11.8 Å². The SMILES string of the molecule is C[n+]1c2ccccc2c(NC2CCN(Cc3ccccc3O)CC2)c2[nH]c3ccccc3c21. The lowest BCUT2D eigenvalue weighted by molar-refractivity contribution is -0.616. The molecule has 5 nitrogen and oxygen atoms in total. The number of likely N-dealkylation sites (tertiary alicyclic amines) is 1. The molecule has 166 valence electrons. The van der Waals surface area contributed by atoms with Gasteiger partial charge in [0.25, 0.3) is 0 Å². The molecule has 0 bridgehead atoms. The molecule has 1 aliphatic rings. The summed E-state index contributed by atoms with van der Waals surface area (Å²) in [5.41, 5.74) is 7.02. The van der Waals surface area contributed by atoms with E-state index < -0.39 is 0 Å². The number of hydrogen-bond donors (Lipinski definition) is 3. The minimum atomic E-state index is 0.391. The number of nitrogens with one attached hydrogen (secondary N) is 2. The molecule has 0 aliphatic carbocycles. The van der Waals surface area contributed by atoms with Gasteiger partial charge in [-0.3, -0.25) is 4.90 Å². The molecule has 0 unspecified atom stereocenters. The Balaban J connectivity index is 1.32. The van der Waals surface area contributed by atoms with Gasteiger partial charge in [0.1, 0.15) is 18.3 Å². The van der Waals surface area contributed by atoms with Crippen LogP contribution in [0.3, 0.4) is 0 Å². The molecule has 0 saturated carbocycles. The van der Waals surface area contributed by atoms with Crippen LogP contribution >= 0.6 is 0 Å². The zero-order valence-corrected chi connectivity index (χ0v) is 18.9. The van der Waals surface area contributed by atoms with Crippen molar-refractivity contribution >= 4 is 38.5 Å². The van der Waals surface area contributed by atoms with E-state index >= 15 is 0 Å². The number of phenolic OH excluding ortho intramolecular Hbond substituents is 1. The van der Waals surface area contributed by atoms with Crippen LogP contribution in [-0.2, 0) is 13.6 Å². The lowest BCUT2D eigenvalue weighted by atomic mass is 10.0. The Kier molecular flexibility index (Phi) is 4.92.